The number of carbonyl (C=O) groups is 1. The number of amides is 1. The Bertz CT molecular complexity index is 748. The van der Waals surface area contributed by atoms with Crippen LogP contribution in [0.25, 0.3) is 0 Å². The second-order valence-electron chi connectivity index (χ2n) is 5.63. The zero-order valence-electron chi connectivity index (χ0n) is 13.0. The average Bonchev–Trinajstić information content (AvgIpc) is 3.07. The number of nitrogens with one attached hydrogen (secondary N) is 1. The van der Waals surface area contributed by atoms with Gasteiger partial charge in [0.2, 0.25) is 5.91 Å². The number of thiophene rings is 1. The second-order valence-corrected chi connectivity index (χ2v) is 6.41. The lowest BCUT2D eigenvalue weighted by molar-refractivity contribution is -0.120. The smallest absolute Gasteiger partial charge is 0.225 e. The third-order valence-electron chi connectivity index (χ3n) is 3.79. The van der Waals surface area contributed by atoms with Gasteiger partial charge in [-0.25, -0.2) is 0 Å². The number of carbonyl (C=O) groups excluding carboxylic acids is 1. The lowest BCUT2D eigenvalue weighted by Crippen LogP contribution is -2.30. The lowest BCUT2D eigenvalue weighted by Gasteiger charge is -2.20. The molecule has 0 aliphatic carbocycles. The fourth-order valence-corrected chi connectivity index (χ4v) is 3.22. The third-order valence-corrected chi connectivity index (χ3v) is 4.53. The van der Waals surface area contributed by atoms with Gasteiger partial charge in [0.1, 0.15) is 0 Å². The first-order valence-corrected chi connectivity index (χ1v) is 8.58. The fourth-order valence-electron chi connectivity index (χ4n) is 2.55. The van der Waals surface area contributed by atoms with Crippen LogP contribution in [0, 0.1) is 6.92 Å². The molecule has 116 valence electrons. The summed E-state index contributed by atoms with van der Waals surface area (Å²) in [7, 11) is 0. The molecule has 1 amide bonds. The maximum Gasteiger partial charge on any atom is 0.225 e. The van der Waals surface area contributed by atoms with Crippen molar-refractivity contribution >= 4 is 17.2 Å². The standard InChI is InChI=1S/C20H19NOS/c1-15-7-9-18(10-8-15)20(17-5-3-2-4-6-17)21-19(22)13-16-11-12-23-14-16/h2-12,14,20H,13H2,1H3,(H,21,22). The summed E-state index contributed by atoms with van der Waals surface area (Å²) < 4.78 is 0. The highest BCUT2D eigenvalue weighted by Gasteiger charge is 2.16. The molecule has 3 heteroatoms. The van der Waals surface area contributed by atoms with Crippen LogP contribution in [0.1, 0.15) is 28.3 Å². The summed E-state index contributed by atoms with van der Waals surface area (Å²) >= 11 is 1.61. The molecule has 0 bridgehead atoms. The molecule has 1 unspecified atom stereocenters. The first kappa shape index (κ1) is 15.5. The van der Waals surface area contributed by atoms with Gasteiger partial charge in [-0.15, -0.1) is 0 Å². The molecule has 0 aliphatic rings. The van der Waals surface area contributed by atoms with Gasteiger partial charge in [-0.1, -0.05) is 60.2 Å². The van der Waals surface area contributed by atoms with Crippen LogP contribution in [-0.4, -0.2) is 5.91 Å². The Labute approximate surface area is 140 Å². The zero-order valence-corrected chi connectivity index (χ0v) is 13.8. The number of hydrogen-bond acceptors (Lipinski definition) is 2. The van der Waals surface area contributed by atoms with Gasteiger partial charge in [-0.05, 0) is 40.4 Å². The van der Waals surface area contributed by atoms with E-state index in [-0.39, 0.29) is 11.9 Å². The zero-order chi connectivity index (χ0) is 16.1. The molecule has 23 heavy (non-hydrogen) atoms. The largest absolute Gasteiger partial charge is 0.345 e. The maximum absolute atomic E-state index is 12.4. The first-order valence-electron chi connectivity index (χ1n) is 7.64. The van der Waals surface area contributed by atoms with Crippen LogP contribution in [0.3, 0.4) is 0 Å². The summed E-state index contributed by atoms with van der Waals surface area (Å²) in [4.78, 5) is 12.4. The van der Waals surface area contributed by atoms with Crippen LogP contribution in [0.4, 0.5) is 0 Å². The minimum Gasteiger partial charge on any atom is -0.345 e. The van der Waals surface area contributed by atoms with E-state index in [1.807, 2.05) is 35.0 Å². The van der Waals surface area contributed by atoms with E-state index in [1.165, 1.54) is 5.56 Å². The summed E-state index contributed by atoms with van der Waals surface area (Å²) in [5.74, 6) is 0.0397. The van der Waals surface area contributed by atoms with Crippen molar-refractivity contribution in [1.29, 1.82) is 0 Å². The molecule has 0 radical (unpaired) electrons. The van der Waals surface area contributed by atoms with Gasteiger partial charge in [-0.2, -0.15) is 11.3 Å². The van der Waals surface area contributed by atoms with E-state index in [2.05, 4.69) is 48.6 Å². The van der Waals surface area contributed by atoms with Crippen molar-refractivity contribution in [1.82, 2.24) is 5.32 Å². The molecule has 0 saturated carbocycles. The Morgan fingerprint density at radius 2 is 1.70 bits per heavy atom. The Hall–Kier alpha value is -2.39. The molecule has 0 saturated heterocycles. The molecule has 3 aromatic rings. The molecular formula is C20H19NOS. The molecule has 1 N–H and O–H groups in total. The molecule has 1 heterocycles. The third kappa shape index (κ3) is 4.08. The van der Waals surface area contributed by atoms with Gasteiger partial charge in [0.15, 0.2) is 0 Å². The summed E-state index contributed by atoms with van der Waals surface area (Å²) in [6, 6.07) is 20.3. The normalized spacial score (nSPS) is 11.9. The second kappa shape index (κ2) is 7.25. The molecule has 1 aromatic heterocycles. The van der Waals surface area contributed by atoms with E-state index in [0.717, 1.165) is 16.7 Å². The topological polar surface area (TPSA) is 29.1 Å². The summed E-state index contributed by atoms with van der Waals surface area (Å²) in [6.45, 7) is 2.07. The van der Waals surface area contributed by atoms with Crippen molar-refractivity contribution in [3.05, 3.63) is 93.7 Å². The number of aryl methyl sites for hydroxylation is 1. The molecule has 2 aromatic carbocycles. The number of rotatable bonds is 5. The van der Waals surface area contributed by atoms with Gasteiger partial charge in [0, 0.05) is 0 Å². The molecule has 0 aliphatic heterocycles. The monoisotopic (exact) mass is 321 g/mol. The Balaban J connectivity index is 1.83. The molecule has 1 atom stereocenters. The van der Waals surface area contributed by atoms with Gasteiger partial charge in [0.05, 0.1) is 12.5 Å². The van der Waals surface area contributed by atoms with E-state index >= 15 is 0 Å². The van der Waals surface area contributed by atoms with Crippen LogP contribution in [0.5, 0.6) is 0 Å². The van der Waals surface area contributed by atoms with Crippen LogP contribution in [0.2, 0.25) is 0 Å². The minimum absolute atomic E-state index is 0.0397. The van der Waals surface area contributed by atoms with Gasteiger partial charge in [-0.3, -0.25) is 4.79 Å². The van der Waals surface area contributed by atoms with E-state index in [4.69, 9.17) is 0 Å². The van der Waals surface area contributed by atoms with E-state index in [0.29, 0.717) is 6.42 Å². The highest BCUT2D eigenvalue weighted by molar-refractivity contribution is 7.08. The lowest BCUT2D eigenvalue weighted by atomic mass is 9.97. The fraction of sp³-hybridized carbons (Fsp3) is 0.150. The summed E-state index contributed by atoms with van der Waals surface area (Å²) in [5.41, 5.74) is 4.46. The average molecular weight is 321 g/mol. The Morgan fingerprint density at radius 3 is 2.35 bits per heavy atom. The van der Waals surface area contributed by atoms with Crippen molar-refractivity contribution < 1.29 is 4.79 Å². The molecule has 0 fully saturated rings. The van der Waals surface area contributed by atoms with Crippen molar-refractivity contribution in [2.45, 2.75) is 19.4 Å². The molecule has 2 nitrogen and oxygen atoms in total. The van der Waals surface area contributed by atoms with Crippen molar-refractivity contribution in [3.63, 3.8) is 0 Å². The first-order chi connectivity index (χ1) is 11.2. The summed E-state index contributed by atoms with van der Waals surface area (Å²) in [5, 5.41) is 7.19. The number of benzene rings is 2. The molecule has 0 spiro atoms. The highest BCUT2D eigenvalue weighted by Crippen LogP contribution is 2.22. The van der Waals surface area contributed by atoms with Crippen LogP contribution < -0.4 is 5.32 Å². The molecular weight excluding hydrogens is 302 g/mol. The Morgan fingerprint density at radius 1 is 1.00 bits per heavy atom. The van der Waals surface area contributed by atoms with Crippen LogP contribution in [0.15, 0.2) is 71.4 Å². The Kier molecular flexibility index (Phi) is 4.89. The predicted molar refractivity (Wildman–Crippen MR) is 95.6 cm³/mol. The highest BCUT2D eigenvalue weighted by atomic mass is 32.1. The van der Waals surface area contributed by atoms with Gasteiger partial charge >= 0.3 is 0 Å². The van der Waals surface area contributed by atoms with Crippen LogP contribution in [-0.2, 0) is 11.2 Å². The maximum atomic E-state index is 12.4. The van der Waals surface area contributed by atoms with E-state index < -0.39 is 0 Å². The van der Waals surface area contributed by atoms with E-state index in [1.54, 1.807) is 11.3 Å². The van der Waals surface area contributed by atoms with Gasteiger partial charge < -0.3 is 5.32 Å². The van der Waals surface area contributed by atoms with Crippen molar-refractivity contribution in [2.75, 3.05) is 0 Å². The quantitative estimate of drug-likeness (QED) is 0.736. The summed E-state index contributed by atoms with van der Waals surface area (Å²) in [6.07, 6.45) is 0.415. The predicted octanol–water partition coefficient (Wildman–Crippen LogP) is 4.50. The van der Waals surface area contributed by atoms with Crippen LogP contribution >= 0.6 is 11.3 Å². The minimum atomic E-state index is -0.122. The van der Waals surface area contributed by atoms with Gasteiger partial charge in [0.25, 0.3) is 0 Å². The van der Waals surface area contributed by atoms with Crippen molar-refractivity contribution in [2.24, 2.45) is 0 Å². The van der Waals surface area contributed by atoms with Crippen molar-refractivity contribution in [3.8, 4) is 0 Å². The number of hydrogen-bond donors (Lipinski definition) is 1. The van der Waals surface area contributed by atoms with E-state index in [9.17, 15) is 4.79 Å². The molecule has 3 rings (SSSR count). The SMILES string of the molecule is Cc1ccc(C(NC(=O)Cc2ccsc2)c2ccccc2)cc1.